The smallest absolute Gasteiger partial charge is 0.408 e. The number of Topliss-reactive ketones (excluding diaryl/α,β-unsaturated/α-hetero) is 1. The summed E-state index contributed by atoms with van der Waals surface area (Å²) >= 11 is 6.08. The van der Waals surface area contributed by atoms with Gasteiger partial charge in [0.15, 0.2) is 5.78 Å². The number of halogens is 1. The number of carbonyl (C=O) groups is 2. The first-order valence-corrected chi connectivity index (χ1v) is 10.9. The van der Waals surface area contributed by atoms with Crippen molar-refractivity contribution in [1.29, 1.82) is 0 Å². The first kappa shape index (κ1) is 24.2. The van der Waals surface area contributed by atoms with E-state index in [1.807, 2.05) is 18.2 Å². The van der Waals surface area contributed by atoms with Crippen molar-refractivity contribution in [2.45, 2.75) is 45.3 Å². The first-order chi connectivity index (χ1) is 15.6. The first-order valence-electron chi connectivity index (χ1n) is 10.5. The molecule has 0 bridgehead atoms. The number of nitrogens with zero attached hydrogens (tertiary/aromatic N) is 1. The molecule has 2 aromatic heterocycles. The molecule has 33 heavy (non-hydrogen) atoms. The Labute approximate surface area is 197 Å². The molecule has 3 aromatic rings. The summed E-state index contributed by atoms with van der Waals surface area (Å²) in [4.78, 5) is 44.7. The van der Waals surface area contributed by atoms with Crippen molar-refractivity contribution in [2.24, 2.45) is 0 Å². The zero-order valence-corrected chi connectivity index (χ0v) is 19.5. The van der Waals surface area contributed by atoms with Gasteiger partial charge in [-0.15, -0.1) is 0 Å². The van der Waals surface area contributed by atoms with Crippen molar-refractivity contribution in [3.63, 3.8) is 0 Å². The summed E-state index contributed by atoms with van der Waals surface area (Å²) in [6.45, 7) is 5.22. The third-order valence-corrected chi connectivity index (χ3v) is 5.00. The lowest BCUT2D eigenvalue weighted by atomic mass is 9.97. The van der Waals surface area contributed by atoms with Gasteiger partial charge in [-0.3, -0.25) is 14.6 Å². The van der Waals surface area contributed by atoms with Gasteiger partial charge in [-0.1, -0.05) is 23.7 Å². The number of pyridine rings is 2. The largest absolute Gasteiger partial charge is 0.444 e. The number of rotatable bonds is 7. The van der Waals surface area contributed by atoms with Crippen LogP contribution in [0.4, 0.5) is 4.79 Å². The predicted octanol–water partition coefficient (Wildman–Crippen LogP) is 4.34. The molecule has 7 nitrogen and oxygen atoms in total. The van der Waals surface area contributed by atoms with Crippen LogP contribution in [0.2, 0.25) is 5.02 Å². The molecule has 0 aliphatic rings. The van der Waals surface area contributed by atoms with Crippen molar-refractivity contribution in [3.8, 4) is 11.1 Å². The highest BCUT2D eigenvalue weighted by molar-refractivity contribution is 6.30. The molecular weight excluding hydrogens is 442 g/mol. The zero-order valence-electron chi connectivity index (χ0n) is 18.7. The van der Waals surface area contributed by atoms with Gasteiger partial charge in [0.05, 0.1) is 6.04 Å². The average Bonchev–Trinajstić information content (AvgIpc) is 2.74. The fraction of sp³-hybridized carbons (Fsp3) is 0.280. The number of nitrogens with one attached hydrogen (secondary N) is 2. The second-order valence-corrected chi connectivity index (χ2v) is 9.09. The van der Waals surface area contributed by atoms with Crippen LogP contribution in [0.15, 0.2) is 65.8 Å². The fourth-order valence-corrected chi connectivity index (χ4v) is 3.49. The molecule has 172 valence electrons. The van der Waals surface area contributed by atoms with E-state index in [2.05, 4.69) is 15.3 Å². The van der Waals surface area contributed by atoms with Crippen LogP contribution in [0, 0.1) is 0 Å². The Morgan fingerprint density at radius 2 is 1.85 bits per heavy atom. The minimum atomic E-state index is -0.901. The molecule has 0 fully saturated rings. The number of hydrogen-bond acceptors (Lipinski definition) is 5. The summed E-state index contributed by atoms with van der Waals surface area (Å²) in [6.07, 6.45) is 4.24. The highest BCUT2D eigenvalue weighted by Crippen LogP contribution is 2.18. The standard InChI is InChI=1S/C25H26ClN3O4/c1-25(2,3)33-24(32)29-21(12-16-5-4-6-20(26)11-16)22(30)14-18-13-19(15-28-23(18)31)17-7-9-27-10-8-17/h4-11,13,15,21H,12,14H2,1-3H3,(H,28,31)(H,29,32)/t21-/m0/s1. The average molecular weight is 468 g/mol. The number of aromatic nitrogens is 2. The van der Waals surface area contributed by atoms with E-state index in [1.54, 1.807) is 63.6 Å². The zero-order chi connectivity index (χ0) is 24.0. The van der Waals surface area contributed by atoms with E-state index >= 15 is 0 Å². The number of carbonyl (C=O) groups excluding carboxylic acids is 2. The van der Waals surface area contributed by atoms with E-state index in [0.717, 1.165) is 16.7 Å². The van der Waals surface area contributed by atoms with Gasteiger partial charge in [-0.05, 0) is 74.2 Å². The lowest BCUT2D eigenvalue weighted by Gasteiger charge is -2.23. The van der Waals surface area contributed by atoms with Crippen LogP contribution in [-0.2, 0) is 22.4 Å². The van der Waals surface area contributed by atoms with Crippen molar-refractivity contribution < 1.29 is 14.3 Å². The number of alkyl carbamates (subject to hydrolysis) is 1. The highest BCUT2D eigenvalue weighted by Gasteiger charge is 2.25. The highest BCUT2D eigenvalue weighted by atomic mass is 35.5. The van der Waals surface area contributed by atoms with E-state index < -0.39 is 17.7 Å². The molecule has 0 unspecified atom stereocenters. The van der Waals surface area contributed by atoms with Crippen molar-refractivity contribution in [3.05, 3.63) is 87.6 Å². The molecule has 3 rings (SSSR count). The van der Waals surface area contributed by atoms with Gasteiger partial charge >= 0.3 is 6.09 Å². The van der Waals surface area contributed by atoms with Gasteiger partial charge in [0.2, 0.25) is 0 Å². The molecule has 1 amide bonds. The lowest BCUT2D eigenvalue weighted by Crippen LogP contribution is -2.45. The molecule has 0 spiro atoms. The molecule has 0 saturated carbocycles. The van der Waals surface area contributed by atoms with Gasteiger partial charge in [0.1, 0.15) is 5.60 Å². The van der Waals surface area contributed by atoms with Gasteiger partial charge in [0.25, 0.3) is 5.56 Å². The van der Waals surface area contributed by atoms with Crippen LogP contribution >= 0.6 is 11.6 Å². The van der Waals surface area contributed by atoms with E-state index in [1.165, 1.54) is 0 Å². The summed E-state index contributed by atoms with van der Waals surface area (Å²) in [5.41, 5.74) is 1.61. The van der Waals surface area contributed by atoms with Gasteiger partial charge in [-0.25, -0.2) is 4.79 Å². The van der Waals surface area contributed by atoms with Gasteiger partial charge < -0.3 is 15.0 Å². The maximum Gasteiger partial charge on any atom is 0.408 e. The maximum atomic E-state index is 13.2. The molecule has 0 aliphatic carbocycles. The molecule has 1 aromatic carbocycles. The lowest BCUT2D eigenvalue weighted by molar-refractivity contribution is -0.120. The van der Waals surface area contributed by atoms with Crippen LogP contribution in [0.25, 0.3) is 11.1 Å². The number of benzene rings is 1. The van der Waals surface area contributed by atoms with E-state index in [9.17, 15) is 14.4 Å². The maximum absolute atomic E-state index is 13.2. The van der Waals surface area contributed by atoms with Crippen LogP contribution < -0.4 is 10.9 Å². The van der Waals surface area contributed by atoms with Crippen LogP contribution in [-0.4, -0.2) is 33.5 Å². The Morgan fingerprint density at radius 3 is 2.52 bits per heavy atom. The van der Waals surface area contributed by atoms with E-state index in [0.29, 0.717) is 10.6 Å². The summed E-state index contributed by atoms with van der Waals surface area (Å²) in [7, 11) is 0. The van der Waals surface area contributed by atoms with Crippen LogP contribution in [0.5, 0.6) is 0 Å². The number of hydrogen-bond donors (Lipinski definition) is 2. The Kier molecular flexibility index (Phi) is 7.66. The summed E-state index contributed by atoms with van der Waals surface area (Å²) < 4.78 is 5.33. The SMILES string of the molecule is CC(C)(C)OC(=O)N[C@@H](Cc1cccc(Cl)c1)C(=O)Cc1cc(-c2ccncc2)c[nH]c1=O. The Balaban J connectivity index is 1.84. The molecule has 0 radical (unpaired) electrons. The summed E-state index contributed by atoms with van der Waals surface area (Å²) in [5, 5.41) is 3.18. The van der Waals surface area contributed by atoms with E-state index in [-0.39, 0.29) is 24.2 Å². The summed E-state index contributed by atoms with van der Waals surface area (Å²) in [6, 6.07) is 11.5. The summed E-state index contributed by atoms with van der Waals surface area (Å²) in [5.74, 6) is -0.321. The Morgan fingerprint density at radius 1 is 1.12 bits per heavy atom. The number of ketones is 1. The van der Waals surface area contributed by atoms with Crippen molar-refractivity contribution in [1.82, 2.24) is 15.3 Å². The van der Waals surface area contributed by atoms with Crippen molar-refractivity contribution >= 4 is 23.5 Å². The second kappa shape index (κ2) is 10.4. The molecule has 8 heteroatoms. The van der Waals surface area contributed by atoms with Gasteiger partial charge in [0, 0.05) is 35.6 Å². The second-order valence-electron chi connectivity index (χ2n) is 8.65. The topological polar surface area (TPSA) is 101 Å². The number of amides is 1. The minimum absolute atomic E-state index is 0.157. The Hall–Kier alpha value is -3.45. The molecular formula is C25H26ClN3O4. The third-order valence-electron chi connectivity index (χ3n) is 4.77. The monoisotopic (exact) mass is 467 g/mol. The normalized spacial score (nSPS) is 12.1. The van der Waals surface area contributed by atoms with E-state index in [4.69, 9.17) is 16.3 Å². The minimum Gasteiger partial charge on any atom is -0.444 e. The van der Waals surface area contributed by atoms with Crippen LogP contribution in [0.1, 0.15) is 31.9 Å². The third kappa shape index (κ3) is 7.29. The fourth-order valence-electron chi connectivity index (χ4n) is 3.28. The van der Waals surface area contributed by atoms with Crippen LogP contribution in [0.3, 0.4) is 0 Å². The number of H-pyrrole nitrogens is 1. The number of aromatic amines is 1. The van der Waals surface area contributed by atoms with Crippen molar-refractivity contribution in [2.75, 3.05) is 0 Å². The predicted molar refractivity (Wildman–Crippen MR) is 127 cm³/mol. The molecule has 0 saturated heterocycles. The van der Waals surface area contributed by atoms with Gasteiger partial charge in [-0.2, -0.15) is 0 Å². The molecule has 2 heterocycles. The molecule has 2 N–H and O–H groups in total. The molecule has 0 aliphatic heterocycles. The quantitative estimate of drug-likeness (QED) is 0.538. The molecule has 1 atom stereocenters. The Bertz CT molecular complexity index is 1190. The number of ether oxygens (including phenoxy) is 1.